The monoisotopic (exact) mass is 171 g/mol. The number of hydrogen-bond acceptors (Lipinski definition) is 1. The van der Waals surface area contributed by atoms with Crippen molar-refractivity contribution >= 4 is 12.4 Å². The van der Waals surface area contributed by atoms with Gasteiger partial charge in [-0.15, -0.1) is 12.4 Å². The average molecular weight is 172 g/mol. The highest BCUT2D eigenvalue weighted by molar-refractivity contribution is 5.85. The Kier molecular flexibility index (Phi) is 3.52. The molecule has 0 aromatic carbocycles. The molecule has 1 fully saturated rings. The summed E-state index contributed by atoms with van der Waals surface area (Å²) in [6.07, 6.45) is 0.223. The Morgan fingerprint density at radius 3 is 2.00 bits per heavy atom. The lowest BCUT2D eigenvalue weighted by molar-refractivity contribution is 0.0754. The first kappa shape index (κ1) is 10.1. The summed E-state index contributed by atoms with van der Waals surface area (Å²) in [5, 5.41) is 0. The Morgan fingerprint density at radius 1 is 1.40 bits per heavy atom. The third-order valence-electron chi connectivity index (χ3n) is 1.91. The Morgan fingerprint density at radius 2 is 1.90 bits per heavy atom. The number of alkyl halides is 2. The van der Waals surface area contributed by atoms with Gasteiger partial charge in [-0.3, -0.25) is 0 Å². The van der Waals surface area contributed by atoms with Gasteiger partial charge < -0.3 is 5.73 Å². The molecule has 0 spiro atoms. The van der Waals surface area contributed by atoms with Crippen LogP contribution in [-0.4, -0.2) is 12.0 Å². The van der Waals surface area contributed by atoms with E-state index in [4.69, 9.17) is 5.73 Å². The Bertz CT molecular complexity index is 104. The largest absolute Gasteiger partial charge is 0.325 e. The van der Waals surface area contributed by atoms with E-state index in [-0.39, 0.29) is 18.8 Å². The van der Waals surface area contributed by atoms with Gasteiger partial charge in [-0.05, 0) is 19.3 Å². The van der Waals surface area contributed by atoms with Crippen LogP contribution in [0.4, 0.5) is 8.78 Å². The summed E-state index contributed by atoms with van der Waals surface area (Å²) in [4.78, 5) is 0. The highest BCUT2D eigenvalue weighted by atomic mass is 35.5. The van der Waals surface area contributed by atoms with Gasteiger partial charge in [0.1, 0.15) is 0 Å². The second-order valence-corrected chi connectivity index (χ2v) is 2.81. The van der Waals surface area contributed by atoms with Gasteiger partial charge in [0.15, 0.2) is 0 Å². The Labute approximate surface area is 65.4 Å². The maximum Gasteiger partial charge on any atom is 0.240 e. The molecule has 0 aromatic heterocycles. The van der Waals surface area contributed by atoms with Crippen molar-refractivity contribution in [2.45, 2.75) is 37.6 Å². The molecule has 1 rings (SSSR count). The molecule has 0 atom stereocenters. The van der Waals surface area contributed by atoms with Crippen molar-refractivity contribution in [2.24, 2.45) is 5.73 Å². The number of nitrogens with two attached hydrogens (primary N) is 1. The van der Waals surface area contributed by atoms with E-state index >= 15 is 0 Å². The summed E-state index contributed by atoms with van der Waals surface area (Å²) < 4.78 is 23.3. The van der Waals surface area contributed by atoms with Crippen molar-refractivity contribution in [2.75, 3.05) is 0 Å². The molecule has 1 aliphatic carbocycles. The van der Waals surface area contributed by atoms with E-state index in [0.29, 0.717) is 0 Å². The first-order valence-corrected chi connectivity index (χ1v) is 3.19. The quantitative estimate of drug-likeness (QED) is 0.675. The van der Waals surface area contributed by atoms with Crippen LogP contribution in [0.2, 0.25) is 0 Å². The van der Waals surface area contributed by atoms with Crippen LogP contribution in [-0.2, 0) is 0 Å². The standard InChI is InChI=1S/C6H11F2N.ClH/c7-5(8)4-6(9)2-1-3-6;/h5H,1-4,9H2;1H. The van der Waals surface area contributed by atoms with Crippen molar-refractivity contribution in [3.8, 4) is 0 Å². The van der Waals surface area contributed by atoms with Crippen molar-refractivity contribution < 1.29 is 8.78 Å². The minimum Gasteiger partial charge on any atom is -0.325 e. The normalized spacial score (nSPS) is 21.6. The van der Waals surface area contributed by atoms with E-state index in [2.05, 4.69) is 0 Å². The van der Waals surface area contributed by atoms with Gasteiger partial charge >= 0.3 is 0 Å². The van der Waals surface area contributed by atoms with Gasteiger partial charge in [-0.25, -0.2) is 8.78 Å². The molecule has 1 saturated carbocycles. The van der Waals surface area contributed by atoms with Gasteiger partial charge in [-0.1, -0.05) is 0 Å². The second-order valence-electron chi connectivity index (χ2n) is 2.81. The Hall–Kier alpha value is 0.110. The number of hydrogen-bond donors (Lipinski definition) is 1. The highest BCUT2D eigenvalue weighted by Crippen LogP contribution is 2.33. The highest BCUT2D eigenvalue weighted by Gasteiger charge is 2.34. The second kappa shape index (κ2) is 3.49. The van der Waals surface area contributed by atoms with Crippen molar-refractivity contribution in [1.82, 2.24) is 0 Å². The van der Waals surface area contributed by atoms with Crippen LogP contribution < -0.4 is 5.73 Å². The molecule has 62 valence electrons. The zero-order valence-corrected chi connectivity index (χ0v) is 6.46. The molecule has 0 aromatic rings. The van der Waals surface area contributed by atoms with Gasteiger partial charge in [0.2, 0.25) is 6.43 Å². The van der Waals surface area contributed by atoms with Gasteiger partial charge in [-0.2, -0.15) is 0 Å². The molecule has 0 heterocycles. The molecule has 0 unspecified atom stereocenters. The van der Waals surface area contributed by atoms with Crippen LogP contribution >= 0.6 is 12.4 Å². The lowest BCUT2D eigenvalue weighted by Gasteiger charge is -2.37. The average Bonchev–Trinajstić information content (AvgIpc) is 1.60. The fourth-order valence-electron chi connectivity index (χ4n) is 1.14. The van der Waals surface area contributed by atoms with Crippen LogP contribution in [0.25, 0.3) is 0 Å². The summed E-state index contributed by atoms with van der Waals surface area (Å²) in [6.45, 7) is 0. The van der Waals surface area contributed by atoms with Crippen molar-refractivity contribution in [3.63, 3.8) is 0 Å². The van der Waals surface area contributed by atoms with E-state index in [9.17, 15) is 8.78 Å². The van der Waals surface area contributed by atoms with E-state index in [1.54, 1.807) is 0 Å². The first-order valence-electron chi connectivity index (χ1n) is 3.19. The van der Waals surface area contributed by atoms with Gasteiger partial charge in [0.25, 0.3) is 0 Å². The van der Waals surface area contributed by atoms with Crippen molar-refractivity contribution in [1.29, 1.82) is 0 Å². The Balaban J connectivity index is 0.000000810. The SMILES string of the molecule is Cl.NC1(CC(F)F)CCC1. The smallest absolute Gasteiger partial charge is 0.240 e. The topological polar surface area (TPSA) is 26.0 Å². The molecule has 0 saturated heterocycles. The predicted molar refractivity (Wildman–Crippen MR) is 38.6 cm³/mol. The van der Waals surface area contributed by atoms with Crippen LogP contribution in [0.5, 0.6) is 0 Å². The molecule has 1 nitrogen and oxygen atoms in total. The third-order valence-corrected chi connectivity index (χ3v) is 1.91. The number of halogens is 3. The zero-order chi connectivity index (χ0) is 6.91. The first-order chi connectivity index (χ1) is 4.12. The molecule has 0 amide bonds. The van der Waals surface area contributed by atoms with Gasteiger partial charge in [0.05, 0.1) is 0 Å². The molecule has 10 heavy (non-hydrogen) atoms. The van der Waals surface area contributed by atoms with Crippen LogP contribution in [0, 0.1) is 0 Å². The van der Waals surface area contributed by atoms with E-state index in [1.165, 1.54) is 0 Å². The summed E-state index contributed by atoms with van der Waals surface area (Å²) in [5.41, 5.74) is 5.02. The summed E-state index contributed by atoms with van der Waals surface area (Å²) in [5.74, 6) is 0. The molecule has 4 heteroatoms. The van der Waals surface area contributed by atoms with Crippen LogP contribution in [0.15, 0.2) is 0 Å². The molecular weight excluding hydrogens is 160 g/mol. The molecule has 0 bridgehead atoms. The molecule has 2 N–H and O–H groups in total. The molecular formula is C6H12ClF2N. The van der Waals surface area contributed by atoms with Gasteiger partial charge in [0, 0.05) is 12.0 Å². The summed E-state index contributed by atoms with van der Waals surface area (Å²) >= 11 is 0. The summed E-state index contributed by atoms with van der Waals surface area (Å²) in [7, 11) is 0. The molecule has 1 aliphatic rings. The van der Waals surface area contributed by atoms with Crippen LogP contribution in [0.3, 0.4) is 0 Å². The maximum absolute atomic E-state index is 11.7. The molecule has 0 aliphatic heterocycles. The van der Waals surface area contributed by atoms with E-state index in [1.807, 2.05) is 0 Å². The van der Waals surface area contributed by atoms with E-state index in [0.717, 1.165) is 19.3 Å². The summed E-state index contributed by atoms with van der Waals surface area (Å²) in [6, 6.07) is 0. The fourth-order valence-corrected chi connectivity index (χ4v) is 1.14. The number of rotatable bonds is 2. The van der Waals surface area contributed by atoms with E-state index < -0.39 is 12.0 Å². The third kappa shape index (κ3) is 2.39. The maximum atomic E-state index is 11.7. The van der Waals surface area contributed by atoms with Crippen molar-refractivity contribution in [3.05, 3.63) is 0 Å². The minimum absolute atomic E-state index is 0. The fraction of sp³-hybridized carbons (Fsp3) is 1.00. The zero-order valence-electron chi connectivity index (χ0n) is 5.65. The van der Waals surface area contributed by atoms with Crippen LogP contribution in [0.1, 0.15) is 25.7 Å². The lowest BCUT2D eigenvalue weighted by atomic mass is 9.75. The molecule has 0 radical (unpaired) electrons. The predicted octanol–water partition coefficient (Wildman–Crippen LogP) is 1.94. The lowest BCUT2D eigenvalue weighted by Crippen LogP contribution is -2.47. The minimum atomic E-state index is -2.23.